The van der Waals surface area contributed by atoms with Gasteiger partial charge in [0.15, 0.2) is 0 Å². The Bertz CT molecular complexity index is 717. The van der Waals surface area contributed by atoms with Gasteiger partial charge in [0, 0.05) is 38.4 Å². The smallest absolute Gasteiger partial charge is 0.317 e. The zero-order valence-corrected chi connectivity index (χ0v) is 15.1. The molecule has 134 valence electrons. The molecule has 1 saturated heterocycles. The van der Waals surface area contributed by atoms with Crippen molar-refractivity contribution in [1.82, 2.24) is 20.4 Å². The van der Waals surface area contributed by atoms with Crippen LogP contribution in [-0.4, -0.2) is 41.2 Å². The summed E-state index contributed by atoms with van der Waals surface area (Å²) in [6.07, 6.45) is 4.24. The summed E-state index contributed by atoms with van der Waals surface area (Å²) in [6.45, 7) is 6.81. The molecule has 3 heterocycles. The van der Waals surface area contributed by atoms with Crippen molar-refractivity contribution in [2.75, 3.05) is 25.0 Å². The molecule has 0 radical (unpaired) electrons. The Morgan fingerprint density at radius 3 is 2.80 bits per heavy atom. The van der Waals surface area contributed by atoms with E-state index < -0.39 is 0 Å². The van der Waals surface area contributed by atoms with Crippen molar-refractivity contribution in [2.24, 2.45) is 0 Å². The van der Waals surface area contributed by atoms with Gasteiger partial charge in [0.25, 0.3) is 0 Å². The van der Waals surface area contributed by atoms with Crippen molar-refractivity contribution in [3.05, 3.63) is 40.9 Å². The van der Waals surface area contributed by atoms with Crippen LogP contribution in [0.4, 0.5) is 10.6 Å². The summed E-state index contributed by atoms with van der Waals surface area (Å²) in [5.74, 6) is 1.75. The molecule has 0 saturated carbocycles. The second kappa shape index (κ2) is 7.55. The maximum atomic E-state index is 12.3. The Morgan fingerprint density at radius 1 is 1.36 bits per heavy atom. The molecule has 25 heavy (non-hydrogen) atoms. The van der Waals surface area contributed by atoms with Crippen LogP contribution in [-0.2, 0) is 13.1 Å². The van der Waals surface area contributed by atoms with E-state index in [1.165, 1.54) is 12.8 Å². The fraction of sp³-hybridized carbons (Fsp3) is 0.500. The van der Waals surface area contributed by atoms with Gasteiger partial charge in [-0.3, -0.25) is 0 Å². The third-order valence-electron chi connectivity index (χ3n) is 4.61. The topological polar surface area (TPSA) is 74.5 Å². The predicted molar refractivity (Wildman–Crippen MR) is 95.4 cm³/mol. The number of hydrogen-bond acceptors (Lipinski definition) is 5. The maximum absolute atomic E-state index is 12.3. The number of aryl methyl sites for hydroxylation is 2. The van der Waals surface area contributed by atoms with Gasteiger partial charge in [-0.15, -0.1) is 0 Å². The quantitative estimate of drug-likeness (QED) is 0.903. The average molecular weight is 343 g/mol. The highest BCUT2D eigenvalue weighted by Gasteiger charge is 2.16. The number of aromatic nitrogens is 2. The Morgan fingerprint density at radius 2 is 2.12 bits per heavy atom. The van der Waals surface area contributed by atoms with Gasteiger partial charge in [-0.1, -0.05) is 5.16 Å². The molecule has 2 aromatic rings. The van der Waals surface area contributed by atoms with Crippen molar-refractivity contribution in [2.45, 2.75) is 39.8 Å². The predicted octanol–water partition coefficient (Wildman–Crippen LogP) is 2.63. The van der Waals surface area contributed by atoms with E-state index in [9.17, 15) is 4.79 Å². The van der Waals surface area contributed by atoms with Crippen LogP contribution in [0.3, 0.4) is 0 Å². The summed E-state index contributed by atoms with van der Waals surface area (Å²) >= 11 is 0. The molecule has 1 aliphatic rings. The van der Waals surface area contributed by atoms with Crippen molar-refractivity contribution in [3.63, 3.8) is 0 Å². The average Bonchev–Trinajstić information content (AvgIpc) is 3.26. The normalized spacial score (nSPS) is 14.0. The molecule has 1 aliphatic heterocycles. The summed E-state index contributed by atoms with van der Waals surface area (Å²) in [7, 11) is 1.77. The Hall–Kier alpha value is -2.57. The number of carbonyl (C=O) groups excluding carboxylic acids is 1. The minimum absolute atomic E-state index is 0.125. The number of amides is 2. The van der Waals surface area contributed by atoms with Gasteiger partial charge in [0.05, 0.1) is 12.2 Å². The minimum atomic E-state index is -0.125. The van der Waals surface area contributed by atoms with Crippen molar-refractivity contribution < 1.29 is 9.32 Å². The molecule has 2 amide bonds. The number of hydrogen-bond donors (Lipinski definition) is 1. The van der Waals surface area contributed by atoms with E-state index in [1.807, 2.05) is 26.1 Å². The SMILES string of the molecule is Cc1noc(C)c1CN(C)C(=O)NCc1ccnc(N2CCCC2)c1. The molecule has 0 bridgehead atoms. The Balaban J connectivity index is 1.55. The minimum Gasteiger partial charge on any atom is -0.361 e. The van der Waals surface area contributed by atoms with Gasteiger partial charge in [-0.2, -0.15) is 0 Å². The van der Waals surface area contributed by atoms with E-state index in [0.29, 0.717) is 13.1 Å². The second-order valence-electron chi connectivity index (χ2n) is 6.53. The van der Waals surface area contributed by atoms with E-state index in [2.05, 4.69) is 26.4 Å². The number of anilines is 1. The largest absolute Gasteiger partial charge is 0.361 e. The number of carbonyl (C=O) groups is 1. The molecule has 0 unspecified atom stereocenters. The molecule has 1 N–H and O–H groups in total. The zero-order valence-electron chi connectivity index (χ0n) is 15.1. The lowest BCUT2D eigenvalue weighted by Crippen LogP contribution is -2.36. The maximum Gasteiger partial charge on any atom is 0.317 e. The molecule has 2 aromatic heterocycles. The van der Waals surface area contributed by atoms with Crippen LogP contribution in [0.1, 0.15) is 35.4 Å². The fourth-order valence-corrected chi connectivity index (χ4v) is 3.04. The lowest BCUT2D eigenvalue weighted by molar-refractivity contribution is 0.206. The third kappa shape index (κ3) is 4.10. The molecular weight excluding hydrogens is 318 g/mol. The number of rotatable bonds is 5. The van der Waals surface area contributed by atoms with Crippen LogP contribution in [0.15, 0.2) is 22.9 Å². The molecule has 0 aromatic carbocycles. The van der Waals surface area contributed by atoms with Gasteiger partial charge in [0.2, 0.25) is 0 Å². The first-order valence-corrected chi connectivity index (χ1v) is 8.65. The highest BCUT2D eigenvalue weighted by molar-refractivity contribution is 5.73. The summed E-state index contributed by atoms with van der Waals surface area (Å²) in [5.41, 5.74) is 2.83. The molecule has 7 heteroatoms. The van der Waals surface area contributed by atoms with Crippen LogP contribution in [0.25, 0.3) is 0 Å². The van der Waals surface area contributed by atoms with Crippen molar-refractivity contribution in [1.29, 1.82) is 0 Å². The number of pyridine rings is 1. The Kier molecular flexibility index (Phi) is 5.21. The summed E-state index contributed by atoms with van der Waals surface area (Å²) in [6, 6.07) is 3.87. The highest BCUT2D eigenvalue weighted by Crippen LogP contribution is 2.18. The summed E-state index contributed by atoms with van der Waals surface area (Å²) < 4.78 is 5.15. The zero-order chi connectivity index (χ0) is 17.8. The van der Waals surface area contributed by atoms with Gasteiger partial charge in [0.1, 0.15) is 11.6 Å². The monoisotopic (exact) mass is 343 g/mol. The van der Waals surface area contributed by atoms with Crippen LogP contribution >= 0.6 is 0 Å². The fourth-order valence-electron chi connectivity index (χ4n) is 3.04. The van der Waals surface area contributed by atoms with Gasteiger partial charge < -0.3 is 19.6 Å². The van der Waals surface area contributed by atoms with E-state index in [-0.39, 0.29) is 6.03 Å². The number of nitrogens with zero attached hydrogens (tertiary/aromatic N) is 4. The second-order valence-corrected chi connectivity index (χ2v) is 6.53. The Labute approximate surface area is 148 Å². The van der Waals surface area contributed by atoms with Crippen molar-refractivity contribution in [3.8, 4) is 0 Å². The van der Waals surface area contributed by atoms with Gasteiger partial charge in [-0.05, 0) is 44.4 Å². The molecule has 7 nitrogen and oxygen atoms in total. The molecule has 0 spiro atoms. The first kappa shape index (κ1) is 17.3. The van der Waals surface area contributed by atoms with Crippen molar-refractivity contribution >= 4 is 11.8 Å². The van der Waals surface area contributed by atoms with Crippen LogP contribution in [0, 0.1) is 13.8 Å². The van der Waals surface area contributed by atoms with Gasteiger partial charge >= 0.3 is 6.03 Å². The molecule has 0 atom stereocenters. The van der Waals surface area contributed by atoms with E-state index in [4.69, 9.17) is 4.52 Å². The first-order chi connectivity index (χ1) is 12.0. The molecule has 0 aliphatic carbocycles. The number of urea groups is 1. The van der Waals surface area contributed by atoms with Crippen LogP contribution in [0.5, 0.6) is 0 Å². The van der Waals surface area contributed by atoms with Gasteiger partial charge in [-0.25, -0.2) is 9.78 Å². The van der Waals surface area contributed by atoms with E-state index in [1.54, 1.807) is 11.9 Å². The lowest BCUT2D eigenvalue weighted by Gasteiger charge is -2.19. The highest BCUT2D eigenvalue weighted by atomic mass is 16.5. The summed E-state index contributed by atoms with van der Waals surface area (Å²) in [5, 5.41) is 6.88. The molecular formula is C18H25N5O2. The van der Waals surface area contributed by atoms with Crippen LogP contribution in [0.2, 0.25) is 0 Å². The lowest BCUT2D eigenvalue weighted by atomic mass is 10.2. The van der Waals surface area contributed by atoms with Crippen LogP contribution < -0.4 is 10.2 Å². The first-order valence-electron chi connectivity index (χ1n) is 8.65. The summed E-state index contributed by atoms with van der Waals surface area (Å²) in [4.78, 5) is 20.7. The molecule has 3 rings (SSSR count). The van der Waals surface area contributed by atoms with E-state index >= 15 is 0 Å². The standard InChI is InChI=1S/C18H25N5O2/c1-13-16(14(2)25-21-13)12-22(3)18(24)20-11-15-6-7-19-17(10-15)23-8-4-5-9-23/h6-7,10H,4-5,8-9,11-12H2,1-3H3,(H,20,24). The molecule has 1 fully saturated rings. The third-order valence-corrected chi connectivity index (χ3v) is 4.61. The van der Waals surface area contributed by atoms with E-state index in [0.717, 1.165) is 41.5 Å². The number of nitrogens with one attached hydrogen (secondary N) is 1.